The predicted octanol–water partition coefficient (Wildman–Crippen LogP) is 1.55. The van der Waals surface area contributed by atoms with Gasteiger partial charge < -0.3 is 16.2 Å². The first kappa shape index (κ1) is 15.3. The van der Waals surface area contributed by atoms with E-state index in [2.05, 4.69) is 30.5 Å². The van der Waals surface area contributed by atoms with Gasteiger partial charge in [-0.25, -0.2) is 4.98 Å². The minimum absolute atomic E-state index is 0.115. The number of aliphatic hydroxyl groups excluding tert-OH is 1. The third-order valence-corrected chi connectivity index (χ3v) is 4.12. The number of aliphatic imine (C=N–C) groups is 1. The van der Waals surface area contributed by atoms with Crippen LogP contribution in [0.25, 0.3) is 16.5 Å². The van der Waals surface area contributed by atoms with E-state index in [1.807, 2.05) is 24.3 Å². The van der Waals surface area contributed by atoms with Gasteiger partial charge in [-0.1, -0.05) is 6.07 Å². The monoisotopic (exact) mass is 335 g/mol. The number of rotatable bonds is 5. The fourth-order valence-electron chi connectivity index (χ4n) is 2.84. The number of aromatic amines is 1. The zero-order valence-corrected chi connectivity index (χ0v) is 13.3. The van der Waals surface area contributed by atoms with Crippen molar-refractivity contribution in [3.05, 3.63) is 47.8 Å². The first-order valence-corrected chi connectivity index (χ1v) is 7.88. The molecule has 0 spiro atoms. The topological polar surface area (TPSA) is 125 Å². The van der Waals surface area contributed by atoms with E-state index in [0.717, 1.165) is 27.7 Å². The summed E-state index contributed by atoms with van der Waals surface area (Å²) in [4.78, 5) is 12.8. The number of fused-ring (bicyclic) bond motifs is 1. The summed E-state index contributed by atoms with van der Waals surface area (Å²) >= 11 is 0. The lowest BCUT2D eigenvalue weighted by molar-refractivity contribution is 0.274. The second-order valence-corrected chi connectivity index (χ2v) is 5.74. The normalized spacial score (nSPS) is 14.7. The molecule has 1 aliphatic heterocycles. The highest BCUT2D eigenvalue weighted by atomic mass is 16.3. The fraction of sp³-hybridized carbons (Fsp3) is 0.176. The number of nitrogens with two attached hydrogens (primary N) is 1. The molecule has 3 aromatic rings. The molecule has 1 atom stereocenters. The summed E-state index contributed by atoms with van der Waals surface area (Å²) in [7, 11) is 0. The number of nitrogen functional groups attached to an aromatic ring is 1. The molecule has 0 radical (unpaired) electrons. The van der Waals surface area contributed by atoms with Crippen LogP contribution in [-0.4, -0.2) is 44.6 Å². The van der Waals surface area contributed by atoms with E-state index >= 15 is 0 Å². The number of nitrogens with zero attached hydrogens (tertiary/aromatic N) is 4. The van der Waals surface area contributed by atoms with Crippen LogP contribution in [0.4, 0.5) is 11.8 Å². The molecule has 126 valence electrons. The molecule has 0 aliphatic carbocycles. The Kier molecular flexibility index (Phi) is 3.87. The lowest BCUT2D eigenvalue weighted by Gasteiger charge is -2.17. The van der Waals surface area contributed by atoms with Crippen molar-refractivity contribution in [3.63, 3.8) is 0 Å². The number of aromatic nitrogens is 4. The largest absolute Gasteiger partial charge is 0.394 e. The summed E-state index contributed by atoms with van der Waals surface area (Å²) in [5.74, 6) is 0.740. The smallest absolute Gasteiger partial charge is 0.222 e. The van der Waals surface area contributed by atoms with Crippen molar-refractivity contribution in [1.82, 2.24) is 20.2 Å². The van der Waals surface area contributed by atoms with E-state index < -0.39 is 0 Å². The number of anilines is 2. The van der Waals surface area contributed by atoms with Crippen molar-refractivity contribution in [1.29, 1.82) is 0 Å². The van der Waals surface area contributed by atoms with Crippen molar-refractivity contribution in [2.75, 3.05) is 24.2 Å². The Hall–Kier alpha value is -3.26. The summed E-state index contributed by atoms with van der Waals surface area (Å²) in [5.41, 5.74) is 9.57. The summed E-state index contributed by atoms with van der Waals surface area (Å²) < 4.78 is 0. The molecule has 0 amide bonds. The Morgan fingerprint density at radius 1 is 1.28 bits per heavy atom. The SMILES string of the molecule is Nc1nc(NC(CO)c2ccn[nH]2)c2ccc(C3=CC=NC3)cc2n1. The summed E-state index contributed by atoms with van der Waals surface area (Å²) in [6, 6.07) is 7.37. The molecule has 3 heterocycles. The molecule has 25 heavy (non-hydrogen) atoms. The van der Waals surface area contributed by atoms with E-state index in [-0.39, 0.29) is 18.6 Å². The van der Waals surface area contributed by atoms with Crippen LogP contribution in [0.1, 0.15) is 17.3 Å². The molecule has 0 saturated heterocycles. The second-order valence-electron chi connectivity index (χ2n) is 5.74. The Morgan fingerprint density at radius 2 is 2.20 bits per heavy atom. The maximum atomic E-state index is 9.68. The maximum Gasteiger partial charge on any atom is 0.222 e. The van der Waals surface area contributed by atoms with Gasteiger partial charge in [0, 0.05) is 17.8 Å². The lowest BCUT2D eigenvalue weighted by atomic mass is 10.0. The van der Waals surface area contributed by atoms with Crippen LogP contribution in [-0.2, 0) is 0 Å². The molecule has 4 rings (SSSR count). The average Bonchev–Trinajstić information content (AvgIpc) is 3.32. The van der Waals surface area contributed by atoms with Crippen molar-refractivity contribution in [3.8, 4) is 0 Å². The van der Waals surface area contributed by atoms with Crippen molar-refractivity contribution >= 4 is 34.5 Å². The Bertz CT molecular complexity index is 963. The van der Waals surface area contributed by atoms with Gasteiger partial charge in [0.25, 0.3) is 0 Å². The van der Waals surface area contributed by atoms with Crippen molar-refractivity contribution < 1.29 is 5.11 Å². The van der Waals surface area contributed by atoms with E-state index in [9.17, 15) is 5.11 Å². The molecule has 1 unspecified atom stereocenters. The van der Waals surface area contributed by atoms with E-state index in [1.54, 1.807) is 18.5 Å². The first-order chi connectivity index (χ1) is 12.2. The van der Waals surface area contributed by atoms with Gasteiger partial charge in [-0.15, -0.1) is 0 Å². The van der Waals surface area contributed by atoms with Crippen molar-refractivity contribution in [2.45, 2.75) is 6.04 Å². The highest BCUT2D eigenvalue weighted by molar-refractivity contribution is 5.95. The number of hydrogen-bond donors (Lipinski definition) is 4. The summed E-state index contributed by atoms with van der Waals surface area (Å²) in [6.07, 6.45) is 5.43. The number of H-pyrrole nitrogens is 1. The number of allylic oxidation sites excluding steroid dienone is 1. The van der Waals surface area contributed by atoms with Crippen LogP contribution in [0.5, 0.6) is 0 Å². The van der Waals surface area contributed by atoms with Crippen LogP contribution in [0.2, 0.25) is 0 Å². The van der Waals surface area contributed by atoms with Crippen LogP contribution in [0.15, 0.2) is 41.5 Å². The van der Waals surface area contributed by atoms with Crippen LogP contribution in [0.3, 0.4) is 0 Å². The highest BCUT2D eigenvalue weighted by Crippen LogP contribution is 2.28. The van der Waals surface area contributed by atoms with Gasteiger partial charge in [0.1, 0.15) is 5.82 Å². The van der Waals surface area contributed by atoms with Gasteiger partial charge in [-0.05, 0) is 35.4 Å². The van der Waals surface area contributed by atoms with Gasteiger partial charge in [0.2, 0.25) is 5.95 Å². The molecule has 8 heteroatoms. The van der Waals surface area contributed by atoms with Crippen LogP contribution in [0, 0.1) is 0 Å². The summed E-state index contributed by atoms with van der Waals surface area (Å²) in [6.45, 7) is 0.555. The van der Waals surface area contributed by atoms with Gasteiger partial charge >= 0.3 is 0 Å². The zero-order valence-electron chi connectivity index (χ0n) is 13.3. The zero-order chi connectivity index (χ0) is 17.2. The van der Waals surface area contributed by atoms with E-state index in [4.69, 9.17) is 5.73 Å². The minimum Gasteiger partial charge on any atom is -0.394 e. The molecule has 0 saturated carbocycles. The molecule has 0 bridgehead atoms. The number of nitrogens with one attached hydrogen (secondary N) is 2. The maximum absolute atomic E-state index is 9.68. The minimum atomic E-state index is -0.370. The molecule has 5 N–H and O–H groups in total. The molecule has 8 nitrogen and oxygen atoms in total. The van der Waals surface area contributed by atoms with Gasteiger partial charge in [-0.3, -0.25) is 10.1 Å². The van der Waals surface area contributed by atoms with Crippen LogP contribution >= 0.6 is 0 Å². The fourth-order valence-corrected chi connectivity index (χ4v) is 2.84. The predicted molar refractivity (Wildman–Crippen MR) is 97.3 cm³/mol. The Labute approximate surface area is 143 Å². The number of aliphatic hydroxyl groups is 1. The van der Waals surface area contributed by atoms with Gasteiger partial charge in [0.05, 0.1) is 30.4 Å². The molecule has 0 fully saturated rings. The average molecular weight is 335 g/mol. The third kappa shape index (κ3) is 2.94. The Balaban J connectivity index is 1.73. The third-order valence-electron chi connectivity index (χ3n) is 4.12. The quantitative estimate of drug-likeness (QED) is 0.560. The van der Waals surface area contributed by atoms with Crippen LogP contribution < -0.4 is 11.1 Å². The molecular formula is C17H17N7O. The molecule has 1 aliphatic rings. The number of benzene rings is 1. The summed E-state index contributed by atoms with van der Waals surface area (Å²) in [5, 5.41) is 20.5. The first-order valence-electron chi connectivity index (χ1n) is 7.88. The molecular weight excluding hydrogens is 318 g/mol. The molecule has 2 aromatic heterocycles. The molecule has 1 aromatic carbocycles. The highest BCUT2D eigenvalue weighted by Gasteiger charge is 2.16. The standard InChI is InChI=1S/C17H17N7O/c18-17-22-14-7-10(11-3-5-19-8-11)1-2-12(14)16(23-17)21-15(9-25)13-4-6-20-24-13/h1-7,15,25H,8-9H2,(H,20,24)(H3,18,21,22,23). The number of hydrogen-bond acceptors (Lipinski definition) is 7. The van der Waals surface area contributed by atoms with E-state index in [1.165, 1.54) is 0 Å². The second kappa shape index (κ2) is 6.33. The van der Waals surface area contributed by atoms with Gasteiger partial charge in [0.15, 0.2) is 0 Å². The van der Waals surface area contributed by atoms with Crippen molar-refractivity contribution in [2.24, 2.45) is 4.99 Å². The van der Waals surface area contributed by atoms with E-state index in [0.29, 0.717) is 12.4 Å². The van der Waals surface area contributed by atoms with Gasteiger partial charge in [-0.2, -0.15) is 10.1 Å². The Morgan fingerprint density at radius 3 is 2.92 bits per heavy atom. The lowest BCUT2D eigenvalue weighted by Crippen LogP contribution is -2.17.